The molecule has 0 aliphatic carbocycles. The van der Waals surface area contributed by atoms with E-state index in [0.717, 1.165) is 10.9 Å². The topological polar surface area (TPSA) is 113 Å². The molecule has 35 heavy (non-hydrogen) atoms. The number of halogens is 1. The Kier molecular flexibility index (Phi) is 6.75. The van der Waals surface area contributed by atoms with Gasteiger partial charge in [0, 0.05) is 41.3 Å². The van der Waals surface area contributed by atoms with Crippen molar-refractivity contribution in [1.82, 2.24) is 4.98 Å². The number of cyclic esters (lactones) is 2. The van der Waals surface area contributed by atoms with Crippen LogP contribution in [0.15, 0.2) is 47.1 Å². The van der Waals surface area contributed by atoms with Crippen LogP contribution >= 0.6 is 15.9 Å². The average molecular weight is 546 g/mol. The number of aromatic amines is 1. The van der Waals surface area contributed by atoms with Gasteiger partial charge in [-0.1, -0.05) is 34.1 Å². The van der Waals surface area contributed by atoms with Gasteiger partial charge in [0.25, 0.3) is 5.79 Å². The van der Waals surface area contributed by atoms with E-state index in [1.807, 2.05) is 24.3 Å². The van der Waals surface area contributed by atoms with Crippen LogP contribution in [0.3, 0.4) is 0 Å². The molecule has 0 saturated carbocycles. The van der Waals surface area contributed by atoms with E-state index in [4.69, 9.17) is 18.9 Å². The van der Waals surface area contributed by atoms with Crippen LogP contribution in [0.4, 0.5) is 0 Å². The lowest BCUT2D eigenvalue weighted by Crippen LogP contribution is -2.48. The lowest BCUT2D eigenvalue weighted by Gasteiger charge is -2.36. The van der Waals surface area contributed by atoms with Crippen molar-refractivity contribution < 1.29 is 38.1 Å². The number of para-hydroxylation sites is 1. The first kappa shape index (κ1) is 24.6. The molecule has 2 aromatic carbocycles. The second-order valence-electron chi connectivity index (χ2n) is 8.38. The zero-order valence-corrected chi connectivity index (χ0v) is 21.1. The molecule has 10 heteroatoms. The lowest BCUT2D eigenvalue weighted by atomic mass is 9.79. The van der Waals surface area contributed by atoms with Crippen molar-refractivity contribution >= 4 is 44.7 Å². The van der Waals surface area contributed by atoms with E-state index in [0.29, 0.717) is 21.3 Å². The van der Waals surface area contributed by atoms with Gasteiger partial charge in [0.1, 0.15) is 0 Å². The number of nitrogens with one attached hydrogen (secondary N) is 1. The Morgan fingerprint density at radius 3 is 2.43 bits per heavy atom. The Balaban J connectivity index is 1.87. The second kappa shape index (κ2) is 9.61. The van der Waals surface area contributed by atoms with Crippen molar-refractivity contribution in [1.29, 1.82) is 0 Å². The summed E-state index contributed by atoms with van der Waals surface area (Å²) in [7, 11) is 2.71. The number of carbonyl (C=O) groups is 3. The zero-order valence-electron chi connectivity index (χ0n) is 19.5. The molecule has 9 nitrogen and oxygen atoms in total. The molecular weight excluding hydrogens is 522 g/mol. The number of aromatic nitrogens is 1. The number of fused-ring (bicyclic) bond motifs is 1. The van der Waals surface area contributed by atoms with Gasteiger partial charge in [-0.2, -0.15) is 0 Å². The van der Waals surface area contributed by atoms with Gasteiger partial charge in [0.05, 0.1) is 14.2 Å². The molecule has 0 radical (unpaired) electrons. The number of rotatable bonds is 7. The first-order valence-corrected chi connectivity index (χ1v) is 11.5. The van der Waals surface area contributed by atoms with Crippen LogP contribution in [-0.2, 0) is 28.6 Å². The van der Waals surface area contributed by atoms with Crippen molar-refractivity contribution in [3.8, 4) is 11.5 Å². The minimum absolute atomic E-state index is 0.279. The maximum atomic E-state index is 13.2. The molecule has 1 N–H and O–H groups in total. The normalized spacial score (nSPS) is 16.4. The van der Waals surface area contributed by atoms with Crippen LogP contribution in [0.2, 0.25) is 0 Å². The fraction of sp³-hybridized carbons (Fsp3) is 0.320. The Hall–Kier alpha value is -3.53. The van der Waals surface area contributed by atoms with Crippen LogP contribution < -0.4 is 9.47 Å². The summed E-state index contributed by atoms with van der Waals surface area (Å²) in [5.41, 5.74) is 2.10. The van der Waals surface area contributed by atoms with Gasteiger partial charge < -0.3 is 28.7 Å². The molecule has 1 aliphatic heterocycles. The largest absolute Gasteiger partial charge is 0.493 e. The molecule has 1 aromatic heterocycles. The van der Waals surface area contributed by atoms with Gasteiger partial charge in [-0.15, -0.1) is 0 Å². The maximum absolute atomic E-state index is 13.2. The second-order valence-corrected chi connectivity index (χ2v) is 9.23. The number of benzene rings is 2. The summed E-state index contributed by atoms with van der Waals surface area (Å²) in [4.78, 5) is 41.1. The summed E-state index contributed by atoms with van der Waals surface area (Å²) in [6.45, 7) is 2.69. The van der Waals surface area contributed by atoms with E-state index in [1.165, 1.54) is 28.1 Å². The molecule has 1 fully saturated rings. The highest BCUT2D eigenvalue weighted by molar-refractivity contribution is 9.10. The van der Waals surface area contributed by atoms with Crippen LogP contribution in [0, 0.1) is 5.92 Å². The van der Waals surface area contributed by atoms with Gasteiger partial charge in [-0.3, -0.25) is 9.59 Å². The molecule has 0 amide bonds. The highest BCUT2D eigenvalue weighted by Gasteiger charge is 2.49. The van der Waals surface area contributed by atoms with Gasteiger partial charge in [0.2, 0.25) is 0 Å². The summed E-state index contributed by atoms with van der Waals surface area (Å²) in [6, 6.07) is 10.8. The van der Waals surface area contributed by atoms with E-state index >= 15 is 0 Å². The van der Waals surface area contributed by atoms with Crippen molar-refractivity contribution in [3.05, 3.63) is 58.2 Å². The minimum Gasteiger partial charge on any atom is -0.493 e. The predicted molar refractivity (Wildman–Crippen MR) is 128 cm³/mol. The first-order chi connectivity index (χ1) is 16.6. The maximum Gasteiger partial charge on any atom is 0.343 e. The van der Waals surface area contributed by atoms with Gasteiger partial charge >= 0.3 is 17.9 Å². The van der Waals surface area contributed by atoms with Crippen LogP contribution in [0.5, 0.6) is 11.5 Å². The van der Waals surface area contributed by atoms with E-state index in [1.54, 1.807) is 18.3 Å². The molecule has 0 unspecified atom stereocenters. The molecular formula is C25H24BrNO8. The smallest absolute Gasteiger partial charge is 0.343 e. The molecule has 0 bridgehead atoms. The number of hydrogen-bond acceptors (Lipinski definition) is 8. The zero-order chi connectivity index (χ0) is 25.3. The Morgan fingerprint density at radius 1 is 1.09 bits per heavy atom. The van der Waals surface area contributed by atoms with Gasteiger partial charge in [-0.05, 0) is 29.3 Å². The fourth-order valence-corrected chi connectivity index (χ4v) is 4.70. The summed E-state index contributed by atoms with van der Waals surface area (Å²) in [5, 5.41) is 0.833. The molecule has 4 rings (SSSR count). The molecule has 3 aromatic rings. The van der Waals surface area contributed by atoms with Crippen molar-refractivity contribution in [2.75, 3.05) is 20.8 Å². The third kappa shape index (κ3) is 4.84. The van der Waals surface area contributed by atoms with Crippen molar-refractivity contribution in [2.24, 2.45) is 5.92 Å². The first-order valence-electron chi connectivity index (χ1n) is 10.7. The van der Waals surface area contributed by atoms with Crippen molar-refractivity contribution in [2.45, 2.75) is 25.6 Å². The van der Waals surface area contributed by atoms with E-state index in [2.05, 4.69) is 25.7 Å². The van der Waals surface area contributed by atoms with Crippen LogP contribution in [0.25, 0.3) is 10.9 Å². The standard InChI is InChI=1S/C25H24BrNO8/c1-25(2)34-23(29)22(24(30)35-25)21(15-11-27-17-8-6-5-7-13(15)17)14-9-18(31-3)19(10-16(14)26)33-12-20(28)32-4/h5-11,21-22,27H,12H2,1-4H3/t21-/m0/s1. The minimum atomic E-state index is -1.37. The summed E-state index contributed by atoms with van der Waals surface area (Å²) >= 11 is 3.55. The third-order valence-electron chi connectivity index (χ3n) is 5.68. The van der Waals surface area contributed by atoms with E-state index in [9.17, 15) is 14.4 Å². The van der Waals surface area contributed by atoms with Gasteiger partial charge in [0.15, 0.2) is 24.0 Å². The SMILES string of the molecule is COC(=O)COc1cc(Br)c([C@@H](c2c[nH]c3ccccc23)C2C(=O)OC(C)(C)OC2=O)cc1OC. The molecule has 1 aliphatic rings. The molecule has 0 spiro atoms. The number of methoxy groups -OCH3 is 2. The number of H-pyrrole nitrogens is 1. The number of hydrogen-bond donors (Lipinski definition) is 1. The molecule has 1 atom stereocenters. The lowest BCUT2D eigenvalue weighted by molar-refractivity contribution is -0.240. The summed E-state index contributed by atoms with van der Waals surface area (Å²) in [6.07, 6.45) is 1.76. The molecule has 1 saturated heterocycles. The van der Waals surface area contributed by atoms with Gasteiger partial charge in [-0.25, -0.2) is 4.79 Å². The average Bonchev–Trinajstić information content (AvgIpc) is 3.23. The van der Waals surface area contributed by atoms with E-state index in [-0.39, 0.29) is 12.4 Å². The molecule has 2 heterocycles. The highest BCUT2D eigenvalue weighted by atomic mass is 79.9. The van der Waals surface area contributed by atoms with Crippen LogP contribution in [0.1, 0.15) is 30.9 Å². The summed E-state index contributed by atoms with van der Waals surface area (Å²) < 4.78 is 27.1. The van der Waals surface area contributed by atoms with E-state index < -0.39 is 35.5 Å². The summed E-state index contributed by atoms with van der Waals surface area (Å²) in [5.74, 6) is -4.80. The Bertz CT molecular complexity index is 1280. The fourth-order valence-electron chi connectivity index (χ4n) is 4.14. The van der Waals surface area contributed by atoms with Crippen LogP contribution in [-0.4, -0.2) is 49.5 Å². The quantitative estimate of drug-likeness (QED) is 0.349. The number of ether oxygens (including phenoxy) is 5. The molecule has 184 valence electrons. The number of carbonyl (C=O) groups excluding carboxylic acids is 3. The monoisotopic (exact) mass is 545 g/mol. The van der Waals surface area contributed by atoms with Crippen molar-refractivity contribution in [3.63, 3.8) is 0 Å². The number of esters is 3. The predicted octanol–water partition coefficient (Wildman–Crippen LogP) is 4.08. The Labute approximate surface area is 209 Å². The third-order valence-corrected chi connectivity index (χ3v) is 6.37. The highest BCUT2D eigenvalue weighted by Crippen LogP contribution is 2.46. The Morgan fingerprint density at radius 2 is 1.77 bits per heavy atom.